The Labute approximate surface area is 98.2 Å². The van der Waals surface area contributed by atoms with Gasteiger partial charge in [-0.05, 0) is 40.0 Å². The molecule has 92 valence electrons. The molecule has 1 fully saturated rings. The fourth-order valence-electron chi connectivity index (χ4n) is 2.05. The van der Waals surface area contributed by atoms with Crippen LogP contribution >= 0.6 is 0 Å². The summed E-state index contributed by atoms with van der Waals surface area (Å²) >= 11 is 0. The van der Waals surface area contributed by atoms with Crippen LogP contribution < -0.4 is 5.32 Å². The van der Waals surface area contributed by atoms with Crippen LogP contribution in [0.5, 0.6) is 0 Å². The number of ether oxygens (including phenoxy) is 1. The minimum absolute atomic E-state index is 0.147. The Hall–Kier alpha value is -0.990. The van der Waals surface area contributed by atoms with Crippen molar-refractivity contribution < 1.29 is 9.53 Å². The van der Waals surface area contributed by atoms with Crippen molar-refractivity contribution in [2.45, 2.75) is 58.6 Å². The molecule has 1 rings (SSSR count). The monoisotopic (exact) mass is 225 g/mol. The van der Waals surface area contributed by atoms with E-state index < -0.39 is 5.60 Å². The third-order valence-corrected chi connectivity index (χ3v) is 2.84. The number of hydrogen-bond donors (Lipinski definition) is 1. The van der Waals surface area contributed by atoms with Gasteiger partial charge < -0.3 is 10.1 Å². The van der Waals surface area contributed by atoms with Crippen molar-refractivity contribution >= 4 is 6.09 Å². The molecular weight excluding hydrogens is 202 g/mol. The molecule has 1 aliphatic carbocycles. The lowest BCUT2D eigenvalue weighted by Crippen LogP contribution is -2.40. The molecule has 1 N–H and O–H groups in total. The molecule has 0 aromatic rings. The van der Waals surface area contributed by atoms with Crippen LogP contribution in [0.2, 0.25) is 0 Å². The molecule has 0 aromatic heterocycles. The molecular formula is C13H23NO2. The number of rotatable bonds is 3. The van der Waals surface area contributed by atoms with Crippen molar-refractivity contribution in [3.8, 4) is 0 Å². The average molecular weight is 225 g/mol. The molecule has 2 atom stereocenters. The minimum atomic E-state index is -0.433. The van der Waals surface area contributed by atoms with E-state index in [2.05, 4.69) is 18.3 Å². The van der Waals surface area contributed by atoms with Crippen LogP contribution in [0.4, 0.5) is 4.79 Å². The summed E-state index contributed by atoms with van der Waals surface area (Å²) in [6.45, 7) is 9.74. The molecule has 1 amide bonds. The van der Waals surface area contributed by atoms with Crippen molar-refractivity contribution in [1.82, 2.24) is 5.32 Å². The van der Waals surface area contributed by atoms with Crippen LogP contribution in [0.1, 0.15) is 47.5 Å². The summed E-state index contributed by atoms with van der Waals surface area (Å²) < 4.78 is 5.27. The fourth-order valence-corrected chi connectivity index (χ4v) is 2.05. The van der Waals surface area contributed by atoms with Gasteiger partial charge in [-0.25, -0.2) is 4.79 Å². The van der Waals surface area contributed by atoms with Gasteiger partial charge in [0.1, 0.15) is 5.60 Å². The molecule has 0 bridgehead atoms. The maximum Gasteiger partial charge on any atom is 0.408 e. The summed E-state index contributed by atoms with van der Waals surface area (Å²) in [6, 6.07) is 0. The number of nitrogens with one attached hydrogen (secondary N) is 1. The lowest BCUT2D eigenvalue weighted by Gasteiger charge is -2.22. The molecule has 1 aliphatic rings. The summed E-state index contributed by atoms with van der Waals surface area (Å²) in [6.07, 6.45) is 5.85. The molecule has 0 aliphatic heterocycles. The van der Waals surface area contributed by atoms with Crippen LogP contribution in [0.3, 0.4) is 0 Å². The molecule has 0 saturated heterocycles. The Kier molecular flexibility index (Phi) is 3.66. The highest BCUT2D eigenvalue weighted by molar-refractivity contribution is 5.70. The van der Waals surface area contributed by atoms with E-state index in [1.807, 2.05) is 33.8 Å². The van der Waals surface area contributed by atoms with Gasteiger partial charge in [-0.15, -0.1) is 0 Å². The third kappa shape index (κ3) is 3.26. The second-order valence-corrected chi connectivity index (χ2v) is 5.48. The third-order valence-electron chi connectivity index (χ3n) is 2.84. The number of allylic oxidation sites excluding steroid dienone is 1. The number of hydrogen-bond acceptors (Lipinski definition) is 2. The Morgan fingerprint density at radius 1 is 1.56 bits per heavy atom. The first-order valence-electron chi connectivity index (χ1n) is 5.98. The van der Waals surface area contributed by atoms with Crippen LogP contribution in [-0.2, 0) is 4.74 Å². The van der Waals surface area contributed by atoms with E-state index in [0.29, 0.717) is 5.92 Å². The largest absolute Gasteiger partial charge is 0.444 e. The number of amides is 1. The Bertz CT molecular complexity index is 291. The summed E-state index contributed by atoms with van der Waals surface area (Å²) in [5, 5.41) is 2.98. The summed E-state index contributed by atoms with van der Waals surface area (Å²) in [4.78, 5) is 11.7. The second kappa shape index (κ2) is 4.48. The van der Waals surface area contributed by atoms with Gasteiger partial charge in [-0.1, -0.05) is 25.5 Å². The van der Waals surface area contributed by atoms with Gasteiger partial charge in [0.15, 0.2) is 0 Å². The second-order valence-electron chi connectivity index (χ2n) is 5.48. The highest BCUT2D eigenvalue weighted by Gasteiger charge is 2.52. The lowest BCUT2D eigenvalue weighted by atomic mass is 10.1. The van der Waals surface area contributed by atoms with Gasteiger partial charge >= 0.3 is 6.09 Å². The quantitative estimate of drug-likeness (QED) is 0.749. The van der Waals surface area contributed by atoms with Crippen LogP contribution in [-0.4, -0.2) is 17.2 Å². The van der Waals surface area contributed by atoms with Gasteiger partial charge in [-0.3, -0.25) is 0 Å². The van der Waals surface area contributed by atoms with Crippen molar-refractivity contribution in [2.75, 3.05) is 0 Å². The van der Waals surface area contributed by atoms with Crippen LogP contribution in [0, 0.1) is 5.92 Å². The molecule has 3 nitrogen and oxygen atoms in total. The number of carbonyl (C=O) groups is 1. The SMILES string of the molecule is C/C=C/C1(NC(=O)OC(C)(C)C)CC1CC. The minimum Gasteiger partial charge on any atom is -0.444 e. The Morgan fingerprint density at radius 3 is 2.56 bits per heavy atom. The highest BCUT2D eigenvalue weighted by atomic mass is 16.6. The topological polar surface area (TPSA) is 38.3 Å². The first-order chi connectivity index (χ1) is 7.33. The first-order valence-corrected chi connectivity index (χ1v) is 5.98. The van der Waals surface area contributed by atoms with Crippen molar-refractivity contribution in [3.63, 3.8) is 0 Å². The summed E-state index contributed by atoms with van der Waals surface area (Å²) in [5.74, 6) is 0.552. The average Bonchev–Trinajstić information content (AvgIpc) is 2.75. The Balaban J connectivity index is 2.55. The fraction of sp³-hybridized carbons (Fsp3) is 0.769. The van der Waals surface area contributed by atoms with E-state index in [1.54, 1.807) is 0 Å². The highest BCUT2D eigenvalue weighted by Crippen LogP contribution is 2.47. The molecule has 0 heterocycles. The smallest absolute Gasteiger partial charge is 0.408 e. The summed E-state index contributed by atoms with van der Waals surface area (Å²) in [7, 11) is 0. The molecule has 0 radical (unpaired) electrons. The molecule has 2 unspecified atom stereocenters. The van der Waals surface area contributed by atoms with E-state index in [4.69, 9.17) is 4.74 Å². The van der Waals surface area contributed by atoms with E-state index in [1.165, 1.54) is 0 Å². The van der Waals surface area contributed by atoms with E-state index in [-0.39, 0.29) is 11.6 Å². The van der Waals surface area contributed by atoms with Crippen LogP contribution in [0.25, 0.3) is 0 Å². The molecule has 16 heavy (non-hydrogen) atoms. The van der Waals surface area contributed by atoms with Crippen molar-refractivity contribution in [2.24, 2.45) is 5.92 Å². The predicted molar refractivity (Wildman–Crippen MR) is 65.3 cm³/mol. The lowest BCUT2D eigenvalue weighted by molar-refractivity contribution is 0.0504. The first kappa shape index (κ1) is 13.1. The number of alkyl carbamates (subject to hydrolysis) is 1. The van der Waals surface area contributed by atoms with Crippen molar-refractivity contribution in [3.05, 3.63) is 12.2 Å². The van der Waals surface area contributed by atoms with E-state index >= 15 is 0 Å². The zero-order valence-electron chi connectivity index (χ0n) is 11.0. The molecule has 3 heteroatoms. The zero-order chi connectivity index (χ0) is 12.4. The maximum atomic E-state index is 11.7. The van der Waals surface area contributed by atoms with E-state index in [0.717, 1.165) is 12.8 Å². The zero-order valence-corrected chi connectivity index (χ0v) is 11.0. The van der Waals surface area contributed by atoms with Gasteiger partial charge in [-0.2, -0.15) is 0 Å². The number of carbonyl (C=O) groups excluding carboxylic acids is 1. The van der Waals surface area contributed by atoms with Gasteiger partial charge in [0.05, 0.1) is 5.54 Å². The van der Waals surface area contributed by atoms with Crippen molar-refractivity contribution in [1.29, 1.82) is 0 Å². The Morgan fingerprint density at radius 2 is 2.19 bits per heavy atom. The van der Waals surface area contributed by atoms with Crippen LogP contribution in [0.15, 0.2) is 12.2 Å². The maximum absolute atomic E-state index is 11.7. The van der Waals surface area contributed by atoms with Gasteiger partial charge in [0.2, 0.25) is 0 Å². The molecule has 0 spiro atoms. The van der Waals surface area contributed by atoms with E-state index in [9.17, 15) is 4.79 Å². The van der Waals surface area contributed by atoms with Gasteiger partial charge in [0, 0.05) is 0 Å². The molecule has 0 aromatic carbocycles. The predicted octanol–water partition coefficient (Wildman–Crippen LogP) is 3.26. The summed E-state index contributed by atoms with van der Waals surface area (Å²) in [5.41, 5.74) is -0.580. The standard InChI is InChI=1S/C13H23NO2/c1-6-8-13(9-10(13)7-2)14-11(15)16-12(3,4)5/h6,8,10H,7,9H2,1-5H3,(H,14,15)/b8-6+. The van der Waals surface area contributed by atoms with Gasteiger partial charge in [0.25, 0.3) is 0 Å². The molecule has 1 saturated carbocycles. The normalized spacial score (nSPS) is 29.2.